The molecule has 0 spiro atoms. The molecule has 2 unspecified atom stereocenters. The first-order valence-electron chi connectivity index (χ1n) is 6.85. The molecule has 122 valence electrons. The van der Waals surface area contributed by atoms with E-state index in [0.717, 1.165) is 0 Å². The van der Waals surface area contributed by atoms with Crippen molar-refractivity contribution < 1.29 is 24.2 Å². The highest BCUT2D eigenvalue weighted by atomic mass is 35.5. The van der Waals surface area contributed by atoms with Crippen LogP contribution in [0.3, 0.4) is 0 Å². The van der Waals surface area contributed by atoms with E-state index < -0.39 is 23.8 Å². The van der Waals surface area contributed by atoms with E-state index >= 15 is 0 Å². The molecule has 2 atom stereocenters. The van der Waals surface area contributed by atoms with Crippen molar-refractivity contribution in [3.8, 4) is 11.5 Å². The molecule has 0 radical (unpaired) electrons. The summed E-state index contributed by atoms with van der Waals surface area (Å²) >= 11 is 6.11. The monoisotopic (exact) mass is 329 g/mol. The van der Waals surface area contributed by atoms with Crippen LogP contribution in [-0.4, -0.2) is 36.7 Å². The average molecular weight is 330 g/mol. The molecule has 0 aliphatic carbocycles. The minimum absolute atomic E-state index is 0.255. The molecule has 22 heavy (non-hydrogen) atoms. The van der Waals surface area contributed by atoms with Gasteiger partial charge in [0.1, 0.15) is 0 Å². The van der Waals surface area contributed by atoms with Crippen LogP contribution in [0.1, 0.15) is 31.1 Å². The van der Waals surface area contributed by atoms with Gasteiger partial charge in [-0.15, -0.1) is 0 Å². The molecule has 0 fully saturated rings. The van der Waals surface area contributed by atoms with E-state index in [0.29, 0.717) is 18.1 Å². The van der Waals surface area contributed by atoms with E-state index in [1.807, 2.05) is 6.92 Å². The minimum Gasteiger partial charge on any atom is -0.493 e. The van der Waals surface area contributed by atoms with Crippen LogP contribution in [0.15, 0.2) is 12.1 Å². The molecule has 7 heteroatoms. The molecule has 2 N–H and O–H groups in total. The molecule has 0 bridgehead atoms. The maximum Gasteiger partial charge on any atom is 0.308 e. The van der Waals surface area contributed by atoms with E-state index in [1.165, 1.54) is 26.2 Å². The molecule has 0 saturated heterocycles. The molecule has 0 aliphatic rings. The number of nitrogens with one attached hydrogen (secondary N) is 1. The smallest absolute Gasteiger partial charge is 0.308 e. The van der Waals surface area contributed by atoms with Crippen LogP contribution in [0, 0.1) is 5.92 Å². The van der Waals surface area contributed by atoms with Gasteiger partial charge in [0.2, 0.25) is 0 Å². The summed E-state index contributed by atoms with van der Waals surface area (Å²) < 4.78 is 10.6. The molecule has 1 rings (SSSR count). The Balaban J connectivity index is 2.99. The summed E-state index contributed by atoms with van der Waals surface area (Å²) in [6, 6.07) is 2.44. The quantitative estimate of drug-likeness (QED) is 0.803. The Bertz CT molecular complexity index is 561. The van der Waals surface area contributed by atoms with Crippen molar-refractivity contribution in [1.82, 2.24) is 5.32 Å². The number of carbonyl (C=O) groups is 2. The van der Waals surface area contributed by atoms with Gasteiger partial charge in [0.05, 0.1) is 24.7 Å². The minimum atomic E-state index is -0.977. The Labute approximate surface area is 134 Å². The van der Waals surface area contributed by atoms with Gasteiger partial charge in [-0.25, -0.2) is 0 Å². The van der Waals surface area contributed by atoms with Gasteiger partial charge in [-0.1, -0.05) is 11.6 Å². The topological polar surface area (TPSA) is 84.9 Å². The van der Waals surface area contributed by atoms with Crippen molar-refractivity contribution in [3.63, 3.8) is 0 Å². The number of aliphatic carboxylic acids is 1. The molecular weight excluding hydrogens is 310 g/mol. The Hall–Kier alpha value is -1.95. The van der Waals surface area contributed by atoms with E-state index in [-0.39, 0.29) is 10.6 Å². The van der Waals surface area contributed by atoms with Crippen molar-refractivity contribution in [3.05, 3.63) is 22.7 Å². The lowest BCUT2D eigenvalue weighted by Crippen LogP contribution is -2.40. The summed E-state index contributed by atoms with van der Waals surface area (Å²) in [4.78, 5) is 23.1. The fraction of sp³-hybridized carbons (Fsp3) is 0.467. The van der Waals surface area contributed by atoms with Gasteiger partial charge < -0.3 is 19.9 Å². The zero-order valence-electron chi connectivity index (χ0n) is 13.0. The van der Waals surface area contributed by atoms with Crippen LogP contribution in [-0.2, 0) is 4.79 Å². The lowest BCUT2D eigenvalue weighted by Gasteiger charge is -2.18. The SMILES string of the molecule is CCOc1c(Cl)cc(C(=O)NC(C)C(C)C(=O)O)cc1OC. The van der Waals surface area contributed by atoms with E-state index in [4.69, 9.17) is 26.2 Å². The first kappa shape index (κ1) is 18.1. The van der Waals surface area contributed by atoms with Crippen molar-refractivity contribution >= 4 is 23.5 Å². The van der Waals surface area contributed by atoms with Gasteiger partial charge in [0.25, 0.3) is 5.91 Å². The number of carboxylic acid groups (broad SMARTS) is 1. The molecule has 1 amide bonds. The standard InChI is InChI=1S/C15H20ClNO5/c1-5-22-13-11(16)6-10(7-12(13)21-4)14(18)17-9(3)8(2)15(19)20/h6-9H,5H2,1-4H3,(H,17,18)(H,19,20). The summed E-state index contributed by atoms with van der Waals surface area (Å²) in [6.07, 6.45) is 0. The van der Waals surface area contributed by atoms with Gasteiger partial charge in [-0.05, 0) is 32.9 Å². The number of amides is 1. The molecular formula is C15H20ClNO5. The van der Waals surface area contributed by atoms with Gasteiger partial charge in [0.15, 0.2) is 11.5 Å². The second-order valence-electron chi connectivity index (χ2n) is 4.81. The predicted octanol–water partition coefficient (Wildman–Crippen LogP) is 2.59. The van der Waals surface area contributed by atoms with Crippen molar-refractivity contribution in [2.24, 2.45) is 5.92 Å². The molecule has 6 nitrogen and oxygen atoms in total. The largest absolute Gasteiger partial charge is 0.493 e. The maximum absolute atomic E-state index is 12.2. The van der Waals surface area contributed by atoms with Crippen LogP contribution < -0.4 is 14.8 Å². The molecule has 1 aromatic carbocycles. The van der Waals surface area contributed by atoms with Gasteiger partial charge in [-0.2, -0.15) is 0 Å². The molecule has 0 aromatic heterocycles. The Morgan fingerprint density at radius 2 is 2.00 bits per heavy atom. The maximum atomic E-state index is 12.2. The normalized spacial score (nSPS) is 13.1. The highest BCUT2D eigenvalue weighted by Gasteiger charge is 2.22. The number of carbonyl (C=O) groups excluding carboxylic acids is 1. The summed E-state index contributed by atoms with van der Waals surface area (Å²) in [7, 11) is 1.45. The molecule has 0 aliphatic heterocycles. The van der Waals surface area contributed by atoms with E-state index in [9.17, 15) is 9.59 Å². The fourth-order valence-corrected chi connectivity index (χ4v) is 2.03. The third-order valence-corrected chi connectivity index (χ3v) is 3.56. The van der Waals surface area contributed by atoms with Crippen LogP contribution in [0.2, 0.25) is 5.02 Å². The molecule has 1 aromatic rings. The van der Waals surface area contributed by atoms with E-state index in [1.54, 1.807) is 6.92 Å². The second-order valence-corrected chi connectivity index (χ2v) is 5.22. The van der Waals surface area contributed by atoms with Gasteiger partial charge in [-0.3, -0.25) is 9.59 Å². The fourth-order valence-electron chi connectivity index (χ4n) is 1.76. The van der Waals surface area contributed by atoms with Crippen molar-refractivity contribution in [2.45, 2.75) is 26.8 Å². The number of hydrogen-bond acceptors (Lipinski definition) is 4. The van der Waals surface area contributed by atoms with Crippen LogP contribution in [0.25, 0.3) is 0 Å². The first-order chi connectivity index (χ1) is 10.3. The van der Waals surface area contributed by atoms with Gasteiger partial charge in [0, 0.05) is 11.6 Å². The third kappa shape index (κ3) is 4.27. The summed E-state index contributed by atoms with van der Waals surface area (Å²) in [5.74, 6) is -1.39. The highest BCUT2D eigenvalue weighted by Crippen LogP contribution is 2.36. The van der Waals surface area contributed by atoms with Crippen molar-refractivity contribution in [1.29, 1.82) is 0 Å². The third-order valence-electron chi connectivity index (χ3n) is 3.28. The second kappa shape index (κ2) is 7.89. The van der Waals surface area contributed by atoms with Crippen molar-refractivity contribution in [2.75, 3.05) is 13.7 Å². The van der Waals surface area contributed by atoms with Gasteiger partial charge >= 0.3 is 5.97 Å². The zero-order chi connectivity index (χ0) is 16.9. The highest BCUT2D eigenvalue weighted by molar-refractivity contribution is 6.32. The Morgan fingerprint density at radius 3 is 2.50 bits per heavy atom. The number of benzene rings is 1. The summed E-state index contributed by atoms with van der Waals surface area (Å²) in [5, 5.41) is 11.8. The van der Waals surface area contributed by atoms with Crippen LogP contribution >= 0.6 is 11.6 Å². The summed E-state index contributed by atoms with van der Waals surface area (Å²) in [5.41, 5.74) is 0.273. The number of halogens is 1. The average Bonchev–Trinajstić information content (AvgIpc) is 2.47. The zero-order valence-corrected chi connectivity index (χ0v) is 13.7. The number of ether oxygens (including phenoxy) is 2. The Kier molecular flexibility index (Phi) is 6.49. The lowest BCUT2D eigenvalue weighted by atomic mass is 10.0. The van der Waals surface area contributed by atoms with Crippen LogP contribution in [0.4, 0.5) is 0 Å². The first-order valence-corrected chi connectivity index (χ1v) is 7.23. The number of carboxylic acids is 1. The number of methoxy groups -OCH3 is 1. The predicted molar refractivity (Wildman–Crippen MR) is 82.9 cm³/mol. The molecule has 0 heterocycles. The summed E-state index contributed by atoms with van der Waals surface area (Å²) in [6.45, 7) is 5.38. The molecule has 0 saturated carbocycles. The van der Waals surface area contributed by atoms with Crippen LogP contribution in [0.5, 0.6) is 11.5 Å². The lowest BCUT2D eigenvalue weighted by molar-refractivity contribution is -0.141. The van der Waals surface area contributed by atoms with E-state index in [2.05, 4.69) is 5.32 Å². The Morgan fingerprint density at radius 1 is 1.36 bits per heavy atom. The number of rotatable bonds is 7. The number of hydrogen-bond donors (Lipinski definition) is 2.